The second-order valence-corrected chi connectivity index (χ2v) is 6.56. The van der Waals surface area contributed by atoms with Crippen molar-refractivity contribution in [3.05, 3.63) is 29.3 Å². The van der Waals surface area contributed by atoms with Crippen LogP contribution in [0.3, 0.4) is 0 Å². The first kappa shape index (κ1) is 13.0. The highest BCUT2D eigenvalue weighted by Crippen LogP contribution is 2.43. The first-order valence-electron chi connectivity index (χ1n) is 7.71. The van der Waals surface area contributed by atoms with E-state index in [0.29, 0.717) is 17.7 Å². The van der Waals surface area contributed by atoms with E-state index in [9.17, 15) is 5.11 Å². The smallest absolute Gasteiger partial charge is 0.119 e. The van der Waals surface area contributed by atoms with Crippen LogP contribution in [0.1, 0.15) is 50.2 Å². The van der Waals surface area contributed by atoms with Crippen LogP contribution in [-0.2, 0) is 6.42 Å². The second kappa shape index (κ2) is 5.16. The number of phenols is 1. The molecule has 1 aliphatic heterocycles. The fraction of sp³-hybridized carbons (Fsp3) is 0.647. The van der Waals surface area contributed by atoms with E-state index in [4.69, 9.17) is 0 Å². The summed E-state index contributed by atoms with van der Waals surface area (Å²) in [6, 6.07) is 6.79. The SMILES string of the molecule is CC(C)CCN1CCC2c3cccc(O)c3CCC21. The van der Waals surface area contributed by atoms with E-state index >= 15 is 0 Å². The minimum Gasteiger partial charge on any atom is -0.508 e. The third-order valence-corrected chi connectivity index (χ3v) is 4.93. The van der Waals surface area contributed by atoms with Crippen LogP contribution >= 0.6 is 0 Å². The Balaban J connectivity index is 1.78. The van der Waals surface area contributed by atoms with Crippen molar-refractivity contribution in [3.8, 4) is 5.75 Å². The molecule has 1 aromatic carbocycles. The van der Waals surface area contributed by atoms with Gasteiger partial charge < -0.3 is 5.11 Å². The van der Waals surface area contributed by atoms with E-state index < -0.39 is 0 Å². The van der Waals surface area contributed by atoms with E-state index in [-0.39, 0.29) is 0 Å². The molecule has 104 valence electrons. The summed E-state index contributed by atoms with van der Waals surface area (Å²) < 4.78 is 0. The molecule has 0 saturated carbocycles. The van der Waals surface area contributed by atoms with Gasteiger partial charge in [-0.15, -0.1) is 0 Å². The zero-order valence-corrected chi connectivity index (χ0v) is 12.1. The molecule has 2 atom stereocenters. The summed E-state index contributed by atoms with van der Waals surface area (Å²) in [4.78, 5) is 2.69. The Morgan fingerprint density at radius 1 is 1.32 bits per heavy atom. The Kier molecular flexibility index (Phi) is 3.53. The zero-order valence-electron chi connectivity index (χ0n) is 12.1. The van der Waals surface area contributed by atoms with Crippen LogP contribution in [0.4, 0.5) is 0 Å². The molecule has 0 spiro atoms. The van der Waals surface area contributed by atoms with Crippen LogP contribution in [0.5, 0.6) is 5.75 Å². The molecule has 2 aliphatic rings. The first-order valence-corrected chi connectivity index (χ1v) is 7.71. The molecule has 1 saturated heterocycles. The predicted molar refractivity (Wildman–Crippen MR) is 78.6 cm³/mol. The van der Waals surface area contributed by atoms with Crippen LogP contribution in [0.15, 0.2) is 18.2 Å². The Morgan fingerprint density at radius 3 is 2.95 bits per heavy atom. The molecule has 1 N–H and O–H groups in total. The maximum Gasteiger partial charge on any atom is 0.119 e. The molecule has 19 heavy (non-hydrogen) atoms. The lowest BCUT2D eigenvalue weighted by atomic mass is 9.79. The molecule has 0 radical (unpaired) electrons. The van der Waals surface area contributed by atoms with Crippen LogP contribution in [0.2, 0.25) is 0 Å². The highest BCUT2D eigenvalue weighted by molar-refractivity contribution is 5.44. The van der Waals surface area contributed by atoms with Crippen molar-refractivity contribution in [2.75, 3.05) is 13.1 Å². The van der Waals surface area contributed by atoms with Gasteiger partial charge in [-0.05, 0) is 61.9 Å². The van der Waals surface area contributed by atoms with Crippen molar-refractivity contribution in [3.63, 3.8) is 0 Å². The number of rotatable bonds is 3. The first-order chi connectivity index (χ1) is 9.16. The average Bonchev–Trinajstić information content (AvgIpc) is 2.80. The second-order valence-electron chi connectivity index (χ2n) is 6.56. The van der Waals surface area contributed by atoms with Gasteiger partial charge in [0.2, 0.25) is 0 Å². The fourth-order valence-corrected chi connectivity index (χ4v) is 3.87. The topological polar surface area (TPSA) is 23.5 Å². The maximum absolute atomic E-state index is 10.0. The number of nitrogens with zero attached hydrogens (tertiary/aromatic N) is 1. The Morgan fingerprint density at radius 2 is 2.16 bits per heavy atom. The number of likely N-dealkylation sites (tertiary alicyclic amines) is 1. The van der Waals surface area contributed by atoms with Crippen molar-refractivity contribution in [2.45, 2.75) is 51.5 Å². The summed E-state index contributed by atoms with van der Waals surface area (Å²) >= 11 is 0. The van der Waals surface area contributed by atoms with Gasteiger partial charge in [-0.1, -0.05) is 26.0 Å². The molecule has 0 amide bonds. The highest BCUT2D eigenvalue weighted by atomic mass is 16.3. The largest absolute Gasteiger partial charge is 0.508 e. The lowest BCUT2D eigenvalue weighted by Gasteiger charge is -2.34. The van der Waals surface area contributed by atoms with Crippen molar-refractivity contribution < 1.29 is 5.11 Å². The molecule has 1 aromatic rings. The molecule has 0 aromatic heterocycles. The number of benzene rings is 1. The van der Waals surface area contributed by atoms with E-state index in [2.05, 4.69) is 24.8 Å². The number of fused-ring (bicyclic) bond motifs is 3. The van der Waals surface area contributed by atoms with Gasteiger partial charge in [-0.25, -0.2) is 0 Å². The van der Waals surface area contributed by atoms with Gasteiger partial charge in [-0.2, -0.15) is 0 Å². The summed E-state index contributed by atoms with van der Waals surface area (Å²) in [6.45, 7) is 7.09. The molecule has 1 fully saturated rings. The highest BCUT2D eigenvalue weighted by Gasteiger charge is 2.38. The summed E-state index contributed by atoms with van der Waals surface area (Å²) in [5.41, 5.74) is 2.64. The minimum atomic E-state index is 0.511. The number of hydrogen-bond acceptors (Lipinski definition) is 2. The zero-order chi connectivity index (χ0) is 13.4. The van der Waals surface area contributed by atoms with Gasteiger partial charge in [0.25, 0.3) is 0 Å². The predicted octanol–water partition coefficient (Wildman–Crippen LogP) is 3.54. The molecule has 2 unspecified atom stereocenters. The van der Waals surface area contributed by atoms with Crippen molar-refractivity contribution in [2.24, 2.45) is 5.92 Å². The van der Waals surface area contributed by atoms with Gasteiger partial charge in [0, 0.05) is 12.0 Å². The summed E-state index contributed by atoms with van der Waals surface area (Å²) in [5, 5.41) is 10.0. The monoisotopic (exact) mass is 259 g/mol. The number of phenolic OH excluding ortho intramolecular Hbond substituents is 1. The molecule has 1 heterocycles. The Hall–Kier alpha value is -1.02. The third kappa shape index (κ3) is 2.38. The molecule has 2 nitrogen and oxygen atoms in total. The van der Waals surface area contributed by atoms with E-state index in [1.54, 1.807) is 0 Å². The van der Waals surface area contributed by atoms with Crippen LogP contribution < -0.4 is 0 Å². The van der Waals surface area contributed by atoms with Crippen molar-refractivity contribution in [1.82, 2.24) is 4.90 Å². The van der Waals surface area contributed by atoms with Gasteiger partial charge in [-0.3, -0.25) is 4.90 Å². The van der Waals surface area contributed by atoms with Crippen molar-refractivity contribution in [1.29, 1.82) is 0 Å². The maximum atomic E-state index is 10.0. The average molecular weight is 259 g/mol. The van der Waals surface area contributed by atoms with Gasteiger partial charge >= 0.3 is 0 Å². The molecule has 2 heteroatoms. The standard InChI is InChI=1S/C17H25NO/c1-12(2)8-10-18-11-9-14-13-4-3-5-17(19)15(13)6-7-16(14)18/h3-5,12,14,16,19H,6-11H2,1-2H3. The van der Waals surface area contributed by atoms with E-state index in [1.165, 1.54) is 43.5 Å². The summed E-state index contributed by atoms with van der Waals surface area (Å²) in [7, 11) is 0. The molecule has 3 rings (SSSR count). The Bertz CT molecular complexity index is 455. The summed E-state index contributed by atoms with van der Waals surface area (Å²) in [5.74, 6) is 1.96. The van der Waals surface area contributed by atoms with Crippen LogP contribution in [-0.4, -0.2) is 29.1 Å². The minimum absolute atomic E-state index is 0.511. The van der Waals surface area contributed by atoms with Crippen molar-refractivity contribution >= 4 is 0 Å². The molecule has 0 bridgehead atoms. The van der Waals surface area contributed by atoms with E-state index in [1.807, 2.05) is 12.1 Å². The Labute approximate surface area is 116 Å². The lowest BCUT2D eigenvalue weighted by Crippen LogP contribution is -2.36. The molecule has 1 aliphatic carbocycles. The number of hydrogen-bond donors (Lipinski definition) is 1. The van der Waals surface area contributed by atoms with Gasteiger partial charge in [0.05, 0.1) is 0 Å². The van der Waals surface area contributed by atoms with Crippen LogP contribution in [0.25, 0.3) is 0 Å². The fourth-order valence-electron chi connectivity index (χ4n) is 3.87. The third-order valence-electron chi connectivity index (χ3n) is 4.93. The quantitative estimate of drug-likeness (QED) is 0.897. The van der Waals surface area contributed by atoms with Gasteiger partial charge in [0.15, 0.2) is 0 Å². The molecular weight excluding hydrogens is 234 g/mol. The summed E-state index contributed by atoms with van der Waals surface area (Å²) in [6.07, 6.45) is 4.82. The normalized spacial score (nSPS) is 26.5. The lowest BCUT2D eigenvalue weighted by molar-refractivity contribution is 0.215. The molecular formula is C17H25NO. The van der Waals surface area contributed by atoms with E-state index in [0.717, 1.165) is 12.3 Å². The van der Waals surface area contributed by atoms with Gasteiger partial charge in [0.1, 0.15) is 5.75 Å². The van der Waals surface area contributed by atoms with Crippen LogP contribution in [0, 0.1) is 5.92 Å². The number of aromatic hydroxyl groups is 1.